The molecule has 0 radical (unpaired) electrons. The summed E-state index contributed by atoms with van der Waals surface area (Å²) < 4.78 is 4.64. The number of unbranched alkanes of at least 4 members (excludes halogenated alkanes) is 8. The molecule has 0 bridgehead atoms. The Bertz CT molecular complexity index is 1250. The van der Waals surface area contributed by atoms with Gasteiger partial charge in [-0.15, -0.1) is 0 Å². The average Bonchev–Trinajstić information content (AvgIpc) is 2.97. The summed E-state index contributed by atoms with van der Waals surface area (Å²) in [5.41, 5.74) is 7.09. The van der Waals surface area contributed by atoms with Gasteiger partial charge in [0.2, 0.25) is 0 Å². The second kappa shape index (κ2) is 15.9. The smallest absolute Gasteiger partial charge is 0.169 e. The number of aromatic nitrogens is 4. The lowest BCUT2D eigenvalue weighted by molar-refractivity contribution is -0.697. The molecule has 0 aliphatic rings. The van der Waals surface area contributed by atoms with Gasteiger partial charge in [0.1, 0.15) is 13.1 Å². The molecule has 4 aromatic heterocycles. The van der Waals surface area contributed by atoms with Gasteiger partial charge in [-0.2, -0.15) is 0 Å². The Kier molecular flexibility index (Phi) is 11.6. The molecule has 4 heteroatoms. The van der Waals surface area contributed by atoms with Crippen LogP contribution in [0.3, 0.4) is 0 Å². The zero-order valence-electron chi connectivity index (χ0n) is 24.1. The van der Waals surface area contributed by atoms with E-state index in [4.69, 9.17) is 0 Å². The van der Waals surface area contributed by atoms with Crippen molar-refractivity contribution in [1.82, 2.24) is 9.97 Å². The number of nitrogens with zero attached hydrogens (tertiary/aromatic N) is 4. The van der Waals surface area contributed by atoms with E-state index in [1.165, 1.54) is 86.5 Å². The lowest BCUT2D eigenvalue weighted by Crippen LogP contribution is -2.33. The molecule has 4 aromatic rings. The summed E-state index contributed by atoms with van der Waals surface area (Å²) in [6.07, 6.45) is 26.7. The van der Waals surface area contributed by atoms with E-state index in [-0.39, 0.29) is 0 Å². The molecule has 0 N–H and O–H groups in total. The van der Waals surface area contributed by atoms with Crippen LogP contribution in [0.15, 0.2) is 85.7 Å². The second-order valence-electron chi connectivity index (χ2n) is 10.8. The van der Waals surface area contributed by atoms with E-state index in [0.717, 1.165) is 30.9 Å². The van der Waals surface area contributed by atoms with E-state index in [9.17, 15) is 0 Å². The first-order chi connectivity index (χ1) is 19.2. The normalized spacial score (nSPS) is 11.1. The first-order valence-corrected chi connectivity index (χ1v) is 15.1. The average molecular weight is 523 g/mol. The van der Waals surface area contributed by atoms with E-state index >= 15 is 0 Å². The van der Waals surface area contributed by atoms with E-state index in [0.29, 0.717) is 0 Å². The highest BCUT2D eigenvalue weighted by Gasteiger charge is 2.07. The van der Waals surface area contributed by atoms with Gasteiger partial charge >= 0.3 is 0 Å². The molecule has 0 aliphatic heterocycles. The molecule has 0 aromatic carbocycles. The highest BCUT2D eigenvalue weighted by atomic mass is 14.9. The first kappa shape index (κ1) is 28.6. The summed E-state index contributed by atoms with van der Waals surface area (Å²) in [5.74, 6) is 0. The van der Waals surface area contributed by atoms with Crippen molar-refractivity contribution in [3.8, 4) is 22.5 Å². The Labute approximate surface area is 235 Å². The van der Waals surface area contributed by atoms with Crippen molar-refractivity contribution in [2.45, 2.75) is 97.6 Å². The Balaban J connectivity index is 1.11. The minimum absolute atomic E-state index is 0.961. The Morgan fingerprint density at radius 3 is 1.67 bits per heavy atom. The molecule has 0 saturated carbocycles. The van der Waals surface area contributed by atoms with Crippen LogP contribution in [-0.2, 0) is 19.5 Å². The van der Waals surface area contributed by atoms with E-state index in [2.05, 4.69) is 100 Å². The first-order valence-electron chi connectivity index (χ1n) is 15.1. The SMILES string of the molecule is CCCCCCC[n+]1ccc(-c2cc[n+](CCCCCCCc3ccnc(-c4cc(C)ccn4)c3)cc2)cc1. The fraction of sp³-hybridized carbons (Fsp3) is 0.429. The maximum atomic E-state index is 4.53. The third kappa shape index (κ3) is 9.69. The fourth-order valence-electron chi connectivity index (χ4n) is 5.10. The lowest BCUT2D eigenvalue weighted by Gasteiger charge is -2.05. The van der Waals surface area contributed by atoms with Crippen LogP contribution in [-0.4, -0.2) is 9.97 Å². The molecular formula is C35H46N4+2. The van der Waals surface area contributed by atoms with E-state index < -0.39 is 0 Å². The van der Waals surface area contributed by atoms with Crippen LogP contribution >= 0.6 is 0 Å². The molecule has 0 amide bonds. The summed E-state index contributed by atoms with van der Waals surface area (Å²) >= 11 is 0. The van der Waals surface area contributed by atoms with Crippen molar-refractivity contribution in [1.29, 1.82) is 0 Å². The summed E-state index contributed by atoms with van der Waals surface area (Å²) in [6.45, 7) is 6.57. The van der Waals surface area contributed by atoms with Crippen LogP contribution in [0.5, 0.6) is 0 Å². The van der Waals surface area contributed by atoms with Gasteiger partial charge in [-0.05, 0) is 79.1 Å². The van der Waals surface area contributed by atoms with Gasteiger partial charge in [0, 0.05) is 49.5 Å². The summed E-state index contributed by atoms with van der Waals surface area (Å²) in [5, 5.41) is 0. The number of aryl methyl sites for hydroxylation is 4. The zero-order valence-corrected chi connectivity index (χ0v) is 24.1. The van der Waals surface area contributed by atoms with Crippen molar-refractivity contribution in [2.24, 2.45) is 0 Å². The molecule has 0 unspecified atom stereocenters. The molecule has 39 heavy (non-hydrogen) atoms. The molecule has 4 heterocycles. The van der Waals surface area contributed by atoms with Gasteiger partial charge in [-0.1, -0.05) is 39.0 Å². The highest BCUT2D eigenvalue weighted by Crippen LogP contribution is 2.18. The van der Waals surface area contributed by atoms with Gasteiger partial charge in [-0.3, -0.25) is 9.97 Å². The minimum atomic E-state index is 0.961. The summed E-state index contributed by atoms with van der Waals surface area (Å²) in [4.78, 5) is 9.01. The third-order valence-corrected chi connectivity index (χ3v) is 7.52. The monoisotopic (exact) mass is 522 g/mol. The standard InChI is InChI=1S/C35H46N4/c1-3-4-5-8-11-22-38-24-16-32(17-25-38)33-18-26-39(27-19-33)23-12-9-6-7-10-13-31-15-21-37-35(29-31)34-28-30(2)14-20-36-34/h14-21,24-29H,3-13,22-23H2,1-2H3/q+2. The predicted molar refractivity (Wildman–Crippen MR) is 160 cm³/mol. The second-order valence-corrected chi connectivity index (χ2v) is 10.8. The summed E-state index contributed by atoms with van der Waals surface area (Å²) in [6, 6.07) is 17.5. The van der Waals surface area contributed by atoms with Crippen LogP contribution in [0.1, 0.15) is 82.3 Å². The maximum absolute atomic E-state index is 4.53. The van der Waals surface area contributed by atoms with Gasteiger partial charge in [0.15, 0.2) is 24.8 Å². The van der Waals surface area contributed by atoms with Crippen LogP contribution in [0.2, 0.25) is 0 Å². The van der Waals surface area contributed by atoms with Crippen molar-refractivity contribution >= 4 is 0 Å². The molecule has 204 valence electrons. The Morgan fingerprint density at radius 2 is 1.08 bits per heavy atom. The van der Waals surface area contributed by atoms with E-state index in [1.807, 2.05) is 18.5 Å². The van der Waals surface area contributed by atoms with Crippen LogP contribution in [0.4, 0.5) is 0 Å². The van der Waals surface area contributed by atoms with Crippen LogP contribution in [0, 0.1) is 6.92 Å². The Morgan fingerprint density at radius 1 is 0.564 bits per heavy atom. The predicted octanol–water partition coefficient (Wildman–Crippen LogP) is 7.86. The highest BCUT2D eigenvalue weighted by molar-refractivity contribution is 5.61. The molecule has 4 rings (SSSR count). The molecular weight excluding hydrogens is 476 g/mol. The quantitative estimate of drug-likeness (QED) is 0.111. The van der Waals surface area contributed by atoms with Crippen molar-refractivity contribution in [3.63, 3.8) is 0 Å². The van der Waals surface area contributed by atoms with Crippen molar-refractivity contribution in [2.75, 3.05) is 0 Å². The third-order valence-electron chi connectivity index (χ3n) is 7.52. The molecule has 0 fully saturated rings. The molecule has 4 nitrogen and oxygen atoms in total. The number of pyridine rings is 4. The molecule has 0 atom stereocenters. The lowest BCUT2D eigenvalue weighted by atomic mass is 10.0. The number of hydrogen-bond acceptors (Lipinski definition) is 2. The van der Waals surface area contributed by atoms with Gasteiger partial charge in [0.25, 0.3) is 0 Å². The van der Waals surface area contributed by atoms with Crippen molar-refractivity contribution in [3.05, 3.63) is 96.8 Å². The van der Waals surface area contributed by atoms with E-state index in [1.54, 1.807) is 0 Å². The van der Waals surface area contributed by atoms with Gasteiger partial charge in [0.05, 0.1) is 11.4 Å². The van der Waals surface area contributed by atoms with Crippen LogP contribution in [0.25, 0.3) is 22.5 Å². The largest absolute Gasteiger partial charge is 0.255 e. The van der Waals surface area contributed by atoms with Crippen LogP contribution < -0.4 is 9.13 Å². The number of rotatable bonds is 16. The topological polar surface area (TPSA) is 33.5 Å². The zero-order chi connectivity index (χ0) is 27.1. The van der Waals surface area contributed by atoms with Gasteiger partial charge < -0.3 is 0 Å². The molecule has 0 saturated heterocycles. The minimum Gasteiger partial charge on any atom is -0.255 e. The van der Waals surface area contributed by atoms with Gasteiger partial charge in [-0.25, -0.2) is 9.13 Å². The Hall–Kier alpha value is -3.40. The number of hydrogen-bond donors (Lipinski definition) is 0. The molecule has 0 spiro atoms. The maximum Gasteiger partial charge on any atom is 0.169 e. The fourth-order valence-corrected chi connectivity index (χ4v) is 5.10. The molecule has 0 aliphatic carbocycles. The summed E-state index contributed by atoms with van der Waals surface area (Å²) in [7, 11) is 0. The van der Waals surface area contributed by atoms with Crippen molar-refractivity contribution < 1.29 is 9.13 Å².